The van der Waals surface area contributed by atoms with Crippen LogP contribution < -0.4 is 15.2 Å². The molecule has 106 valence electrons. The van der Waals surface area contributed by atoms with Crippen LogP contribution in [-0.4, -0.2) is 42.5 Å². The number of likely N-dealkylation sites (tertiary alicyclic amines) is 1. The van der Waals surface area contributed by atoms with Gasteiger partial charge in [0.15, 0.2) is 17.7 Å². The van der Waals surface area contributed by atoms with E-state index >= 15 is 0 Å². The van der Waals surface area contributed by atoms with E-state index in [0.29, 0.717) is 17.2 Å². The van der Waals surface area contributed by atoms with E-state index in [0.717, 1.165) is 25.9 Å². The predicted molar refractivity (Wildman–Crippen MR) is 74.3 cm³/mol. The van der Waals surface area contributed by atoms with Crippen LogP contribution in [-0.2, 0) is 0 Å². The largest absolute Gasteiger partial charge is 0.493 e. The van der Waals surface area contributed by atoms with Crippen molar-refractivity contribution in [1.82, 2.24) is 4.90 Å². The highest BCUT2D eigenvalue weighted by Gasteiger charge is 2.28. The first-order valence-corrected chi connectivity index (χ1v) is 6.64. The minimum absolute atomic E-state index is 0.363. The number of rotatable bonds is 5. The standard InChI is InChI=1S/C14H22N2O3/c1-10(17)14(16-7-3-4-8-16)19-13-9-11(15)5-6-12(13)18-2/h5-6,9-10,14,17H,3-4,7-8,15H2,1-2H3/t10-,14?/m1/s1. The van der Waals surface area contributed by atoms with E-state index in [9.17, 15) is 5.11 Å². The van der Waals surface area contributed by atoms with E-state index in [4.69, 9.17) is 15.2 Å². The molecule has 0 radical (unpaired) electrons. The second kappa shape index (κ2) is 6.12. The van der Waals surface area contributed by atoms with Gasteiger partial charge in [-0.1, -0.05) is 0 Å². The maximum absolute atomic E-state index is 9.93. The summed E-state index contributed by atoms with van der Waals surface area (Å²) in [5.74, 6) is 1.19. The molecular weight excluding hydrogens is 244 g/mol. The number of hydrogen-bond acceptors (Lipinski definition) is 5. The van der Waals surface area contributed by atoms with Crippen molar-refractivity contribution in [2.24, 2.45) is 0 Å². The lowest BCUT2D eigenvalue weighted by molar-refractivity contribution is -0.0486. The Morgan fingerprint density at radius 2 is 1.95 bits per heavy atom. The fourth-order valence-corrected chi connectivity index (χ4v) is 2.39. The molecule has 0 amide bonds. The Bertz CT molecular complexity index is 417. The van der Waals surface area contributed by atoms with Crippen molar-refractivity contribution in [1.29, 1.82) is 0 Å². The third kappa shape index (κ3) is 3.30. The first-order chi connectivity index (χ1) is 9.11. The molecule has 1 unspecified atom stereocenters. The summed E-state index contributed by atoms with van der Waals surface area (Å²) in [4.78, 5) is 2.15. The molecule has 0 spiro atoms. The number of ether oxygens (including phenoxy) is 2. The van der Waals surface area contributed by atoms with E-state index in [1.165, 1.54) is 0 Å². The molecule has 5 heteroatoms. The summed E-state index contributed by atoms with van der Waals surface area (Å²) in [6.45, 7) is 3.63. The maximum Gasteiger partial charge on any atom is 0.178 e. The summed E-state index contributed by atoms with van der Waals surface area (Å²) in [6, 6.07) is 5.26. The molecule has 19 heavy (non-hydrogen) atoms. The van der Waals surface area contributed by atoms with Crippen molar-refractivity contribution in [3.63, 3.8) is 0 Å². The lowest BCUT2D eigenvalue weighted by atomic mass is 10.2. The van der Waals surface area contributed by atoms with Crippen LogP contribution in [0.4, 0.5) is 5.69 Å². The Kier molecular flexibility index (Phi) is 4.50. The number of aliphatic hydroxyl groups excluding tert-OH is 1. The predicted octanol–water partition coefficient (Wildman–Crippen LogP) is 1.46. The monoisotopic (exact) mass is 266 g/mol. The molecule has 0 bridgehead atoms. The van der Waals surface area contributed by atoms with Gasteiger partial charge in [-0.15, -0.1) is 0 Å². The molecule has 3 N–H and O–H groups in total. The number of aliphatic hydroxyl groups is 1. The summed E-state index contributed by atoms with van der Waals surface area (Å²) in [5, 5.41) is 9.93. The highest BCUT2D eigenvalue weighted by Crippen LogP contribution is 2.31. The number of anilines is 1. The van der Waals surface area contributed by atoms with Crippen LogP contribution in [0.2, 0.25) is 0 Å². The molecule has 0 aliphatic carbocycles. The zero-order chi connectivity index (χ0) is 13.8. The molecular formula is C14H22N2O3. The van der Waals surface area contributed by atoms with E-state index in [1.54, 1.807) is 32.2 Å². The smallest absolute Gasteiger partial charge is 0.178 e. The van der Waals surface area contributed by atoms with E-state index in [-0.39, 0.29) is 6.23 Å². The van der Waals surface area contributed by atoms with Gasteiger partial charge in [-0.2, -0.15) is 0 Å². The number of nitrogens with two attached hydrogens (primary N) is 1. The van der Waals surface area contributed by atoms with Gasteiger partial charge in [-0.05, 0) is 31.9 Å². The van der Waals surface area contributed by atoms with Crippen LogP contribution >= 0.6 is 0 Å². The molecule has 1 aromatic carbocycles. The zero-order valence-electron chi connectivity index (χ0n) is 11.5. The summed E-state index contributed by atoms with van der Waals surface area (Å²) in [7, 11) is 1.59. The minimum atomic E-state index is -0.579. The van der Waals surface area contributed by atoms with E-state index < -0.39 is 6.10 Å². The van der Waals surface area contributed by atoms with Crippen LogP contribution in [0.25, 0.3) is 0 Å². The SMILES string of the molecule is COc1ccc(N)cc1OC([C@@H](C)O)N1CCCC1. The van der Waals surface area contributed by atoms with Gasteiger partial charge in [0, 0.05) is 24.8 Å². The number of benzene rings is 1. The number of hydrogen-bond donors (Lipinski definition) is 2. The second-order valence-corrected chi connectivity index (χ2v) is 4.90. The van der Waals surface area contributed by atoms with Gasteiger partial charge in [0.05, 0.1) is 7.11 Å². The van der Waals surface area contributed by atoms with Gasteiger partial charge in [0.1, 0.15) is 6.10 Å². The van der Waals surface area contributed by atoms with Gasteiger partial charge in [-0.25, -0.2) is 0 Å². The van der Waals surface area contributed by atoms with Gasteiger partial charge < -0.3 is 20.3 Å². The van der Waals surface area contributed by atoms with Crippen LogP contribution in [0, 0.1) is 0 Å². The van der Waals surface area contributed by atoms with Crippen molar-refractivity contribution in [2.45, 2.75) is 32.1 Å². The molecule has 1 saturated heterocycles. The zero-order valence-corrected chi connectivity index (χ0v) is 11.5. The molecule has 0 saturated carbocycles. The lowest BCUT2D eigenvalue weighted by Gasteiger charge is -2.30. The lowest BCUT2D eigenvalue weighted by Crippen LogP contribution is -2.45. The molecule has 1 aliphatic rings. The molecule has 2 rings (SSSR count). The Morgan fingerprint density at radius 1 is 1.26 bits per heavy atom. The Labute approximate surface area is 113 Å². The average Bonchev–Trinajstić information content (AvgIpc) is 2.89. The number of methoxy groups -OCH3 is 1. The molecule has 2 atom stereocenters. The van der Waals surface area contributed by atoms with Crippen LogP contribution in [0.3, 0.4) is 0 Å². The van der Waals surface area contributed by atoms with E-state index in [1.807, 2.05) is 0 Å². The number of nitrogen functional groups attached to an aromatic ring is 1. The highest BCUT2D eigenvalue weighted by atomic mass is 16.5. The maximum atomic E-state index is 9.93. The molecule has 1 heterocycles. The Morgan fingerprint density at radius 3 is 2.53 bits per heavy atom. The first-order valence-electron chi connectivity index (χ1n) is 6.64. The van der Waals surface area contributed by atoms with Crippen LogP contribution in [0.1, 0.15) is 19.8 Å². The minimum Gasteiger partial charge on any atom is -0.493 e. The van der Waals surface area contributed by atoms with Crippen LogP contribution in [0.5, 0.6) is 11.5 Å². The topological polar surface area (TPSA) is 68.0 Å². The van der Waals surface area contributed by atoms with Gasteiger partial charge >= 0.3 is 0 Å². The molecule has 1 aromatic rings. The Hall–Kier alpha value is -1.46. The van der Waals surface area contributed by atoms with Crippen molar-refractivity contribution < 1.29 is 14.6 Å². The fraction of sp³-hybridized carbons (Fsp3) is 0.571. The normalized spacial score (nSPS) is 19.1. The summed E-state index contributed by atoms with van der Waals surface area (Å²) < 4.78 is 11.2. The van der Waals surface area contributed by atoms with Gasteiger partial charge in [0.25, 0.3) is 0 Å². The van der Waals surface area contributed by atoms with Gasteiger partial charge in [-0.3, -0.25) is 4.90 Å². The van der Waals surface area contributed by atoms with E-state index in [2.05, 4.69) is 4.90 Å². The third-order valence-electron chi connectivity index (χ3n) is 3.35. The molecule has 1 aliphatic heterocycles. The summed E-state index contributed by atoms with van der Waals surface area (Å²) in [5.41, 5.74) is 6.39. The molecule has 0 aromatic heterocycles. The summed E-state index contributed by atoms with van der Waals surface area (Å²) >= 11 is 0. The second-order valence-electron chi connectivity index (χ2n) is 4.90. The van der Waals surface area contributed by atoms with Gasteiger partial charge in [0.2, 0.25) is 0 Å². The highest BCUT2D eigenvalue weighted by molar-refractivity contribution is 5.52. The van der Waals surface area contributed by atoms with Crippen molar-refractivity contribution in [3.05, 3.63) is 18.2 Å². The first kappa shape index (κ1) is 14.0. The number of nitrogens with zero attached hydrogens (tertiary/aromatic N) is 1. The van der Waals surface area contributed by atoms with Crippen LogP contribution in [0.15, 0.2) is 18.2 Å². The van der Waals surface area contributed by atoms with Crippen molar-refractivity contribution >= 4 is 5.69 Å². The fourth-order valence-electron chi connectivity index (χ4n) is 2.39. The average molecular weight is 266 g/mol. The summed E-state index contributed by atoms with van der Waals surface area (Å²) in [6.07, 6.45) is 1.34. The Balaban J connectivity index is 2.18. The molecule has 5 nitrogen and oxygen atoms in total. The molecule has 1 fully saturated rings. The van der Waals surface area contributed by atoms with Crippen molar-refractivity contribution in [3.8, 4) is 11.5 Å². The third-order valence-corrected chi connectivity index (χ3v) is 3.35. The quantitative estimate of drug-likeness (QED) is 0.790. The van der Waals surface area contributed by atoms with Crippen molar-refractivity contribution in [2.75, 3.05) is 25.9 Å².